The predicted molar refractivity (Wildman–Crippen MR) is 82.7 cm³/mol. The summed E-state index contributed by atoms with van der Waals surface area (Å²) in [6.07, 6.45) is 0. The van der Waals surface area contributed by atoms with Gasteiger partial charge in [-0.25, -0.2) is 9.37 Å². The average Bonchev–Trinajstić information content (AvgIpc) is 2.49. The van der Waals surface area contributed by atoms with Gasteiger partial charge in [0.25, 0.3) is 0 Å². The number of hydrogen-bond acceptors (Lipinski definition) is 3. The summed E-state index contributed by atoms with van der Waals surface area (Å²) in [7, 11) is 0. The number of hydrogen-bond donors (Lipinski definition) is 1. The molecule has 0 atom stereocenters. The molecule has 3 rings (SSSR count). The van der Waals surface area contributed by atoms with E-state index in [1.807, 2.05) is 37.3 Å². The van der Waals surface area contributed by atoms with E-state index in [-0.39, 0.29) is 5.75 Å². The summed E-state index contributed by atoms with van der Waals surface area (Å²) in [4.78, 5) is 4.49. The zero-order valence-corrected chi connectivity index (χ0v) is 11.6. The third-order valence-corrected chi connectivity index (χ3v) is 3.26. The number of nitrogen functional groups attached to an aromatic ring is 1. The van der Waals surface area contributed by atoms with E-state index >= 15 is 0 Å². The summed E-state index contributed by atoms with van der Waals surface area (Å²) in [6.45, 7) is 2.21. The molecule has 21 heavy (non-hydrogen) atoms. The number of fused-ring (bicyclic) bond motifs is 1. The molecule has 0 amide bonds. The number of benzene rings is 2. The van der Waals surface area contributed by atoms with Crippen LogP contribution < -0.4 is 10.5 Å². The van der Waals surface area contributed by atoms with Crippen LogP contribution in [0.1, 0.15) is 6.92 Å². The topological polar surface area (TPSA) is 48.1 Å². The number of aromatic nitrogens is 1. The Hall–Kier alpha value is -2.62. The highest BCUT2D eigenvalue weighted by atomic mass is 19.1. The van der Waals surface area contributed by atoms with E-state index in [1.165, 1.54) is 6.07 Å². The maximum atomic E-state index is 14.0. The van der Waals surface area contributed by atoms with Gasteiger partial charge in [-0.1, -0.05) is 30.3 Å². The lowest BCUT2D eigenvalue weighted by molar-refractivity contribution is 0.322. The minimum atomic E-state index is -0.429. The first kappa shape index (κ1) is 13.4. The van der Waals surface area contributed by atoms with Gasteiger partial charge in [0.1, 0.15) is 0 Å². The smallest absolute Gasteiger partial charge is 0.167 e. The Morgan fingerprint density at radius 2 is 1.90 bits per heavy atom. The van der Waals surface area contributed by atoms with Gasteiger partial charge >= 0.3 is 0 Å². The molecule has 4 heteroatoms. The molecule has 0 bridgehead atoms. The highest BCUT2D eigenvalue weighted by Crippen LogP contribution is 2.30. The molecule has 0 aliphatic heterocycles. The molecule has 0 aliphatic rings. The van der Waals surface area contributed by atoms with Crippen molar-refractivity contribution in [3.63, 3.8) is 0 Å². The molecule has 0 spiro atoms. The van der Waals surface area contributed by atoms with Crippen molar-refractivity contribution in [2.24, 2.45) is 0 Å². The Morgan fingerprint density at radius 1 is 1.14 bits per heavy atom. The van der Waals surface area contributed by atoms with Gasteiger partial charge in [0, 0.05) is 22.7 Å². The van der Waals surface area contributed by atoms with Gasteiger partial charge < -0.3 is 10.5 Å². The molecule has 1 aromatic heterocycles. The molecule has 0 fully saturated rings. The van der Waals surface area contributed by atoms with E-state index in [4.69, 9.17) is 10.5 Å². The largest absolute Gasteiger partial charge is 0.491 e. The molecule has 2 N–H and O–H groups in total. The number of pyridine rings is 1. The molecule has 0 unspecified atom stereocenters. The summed E-state index contributed by atoms with van der Waals surface area (Å²) in [5.41, 5.74) is 8.84. The SMILES string of the molecule is CCOc1cc2c(N)cc(-c3ccccc3)nc2cc1F. The minimum Gasteiger partial charge on any atom is -0.491 e. The standard InChI is InChI=1S/C17H15FN2O/c1-2-21-17-8-12-14(19)10-15(11-6-4-3-5-7-11)20-16(12)9-13(17)18/h3-10H,2H2,1H3,(H2,19,20). The van der Waals surface area contributed by atoms with Crippen LogP contribution in [0.2, 0.25) is 0 Å². The number of ether oxygens (including phenoxy) is 1. The van der Waals surface area contributed by atoms with Gasteiger partial charge in [-0.15, -0.1) is 0 Å². The molecule has 0 saturated carbocycles. The van der Waals surface area contributed by atoms with Crippen molar-refractivity contribution in [2.75, 3.05) is 12.3 Å². The fourth-order valence-corrected chi connectivity index (χ4v) is 2.28. The number of rotatable bonds is 3. The Morgan fingerprint density at radius 3 is 2.62 bits per heavy atom. The zero-order valence-electron chi connectivity index (χ0n) is 11.6. The van der Waals surface area contributed by atoms with Gasteiger partial charge in [0.2, 0.25) is 0 Å². The number of halogens is 1. The van der Waals surface area contributed by atoms with Gasteiger partial charge in [0.15, 0.2) is 11.6 Å². The Labute approximate surface area is 122 Å². The van der Waals surface area contributed by atoms with Gasteiger partial charge in [-0.2, -0.15) is 0 Å². The maximum Gasteiger partial charge on any atom is 0.167 e. The summed E-state index contributed by atoms with van der Waals surface area (Å²) in [5.74, 6) is -0.229. The van der Waals surface area contributed by atoms with Crippen molar-refractivity contribution < 1.29 is 9.13 Å². The van der Waals surface area contributed by atoms with Crippen molar-refractivity contribution in [1.82, 2.24) is 4.98 Å². The second kappa shape index (κ2) is 5.40. The van der Waals surface area contributed by atoms with E-state index < -0.39 is 5.82 Å². The summed E-state index contributed by atoms with van der Waals surface area (Å²) < 4.78 is 19.2. The van der Waals surface area contributed by atoms with Crippen molar-refractivity contribution in [3.8, 4) is 17.0 Å². The lowest BCUT2D eigenvalue weighted by Gasteiger charge is -2.10. The summed E-state index contributed by atoms with van der Waals surface area (Å²) >= 11 is 0. The van der Waals surface area contributed by atoms with Gasteiger partial charge in [-0.3, -0.25) is 0 Å². The Balaban J connectivity index is 2.19. The molecular weight excluding hydrogens is 267 g/mol. The van der Waals surface area contributed by atoms with Crippen LogP contribution in [0.25, 0.3) is 22.2 Å². The van der Waals surface area contributed by atoms with E-state index in [2.05, 4.69) is 4.98 Å². The lowest BCUT2D eigenvalue weighted by atomic mass is 10.1. The van der Waals surface area contributed by atoms with E-state index in [0.29, 0.717) is 23.2 Å². The van der Waals surface area contributed by atoms with E-state index in [0.717, 1.165) is 11.3 Å². The van der Waals surface area contributed by atoms with Crippen LogP contribution >= 0.6 is 0 Å². The maximum absolute atomic E-state index is 14.0. The van der Waals surface area contributed by atoms with Crippen molar-refractivity contribution in [1.29, 1.82) is 0 Å². The first-order valence-corrected chi connectivity index (χ1v) is 6.77. The van der Waals surface area contributed by atoms with Crippen molar-refractivity contribution >= 4 is 16.6 Å². The summed E-state index contributed by atoms with van der Waals surface area (Å²) in [5, 5.41) is 0.694. The van der Waals surface area contributed by atoms with E-state index in [1.54, 1.807) is 12.1 Å². The monoisotopic (exact) mass is 282 g/mol. The van der Waals surface area contributed by atoms with E-state index in [9.17, 15) is 4.39 Å². The van der Waals surface area contributed by atoms with Gasteiger partial charge in [-0.05, 0) is 19.1 Å². The number of nitrogens with zero attached hydrogens (tertiary/aromatic N) is 1. The van der Waals surface area contributed by atoms with Crippen LogP contribution in [-0.4, -0.2) is 11.6 Å². The fourth-order valence-electron chi connectivity index (χ4n) is 2.28. The van der Waals surface area contributed by atoms with Crippen LogP contribution in [0.15, 0.2) is 48.5 Å². The first-order chi connectivity index (χ1) is 10.2. The second-order valence-electron chi connectivity index (χ2n) is 4.70. The fraction of sp³-hybridized carbons (Fsp3) is 0.118. The molecule has 3 nitrogen and oxygen atoms in total. The average molecular weight is 282 g/mol. The molecule has 0 radical (unpaired) electrons. The highest BCUT2D eigenvalue weighted by molar-refractivity contribution is 5.93. The Kier molecular flexibility index (Phi) is 3.44. The lowest BCUT2D eigenvalue weighted by Crippen LogP contribution is -1.98. The van der Waals surface area contributed by atoms with Crippen molar-refractivity contribution in [2.45, 2.75) is 6.92 Å². The highest BCUT2D eigenvalue weighted by Gasteiger charge is 2.11. The predicted octanol–water partition coefficient (Wildman–Crippen LogP) is 4.02. The summed E-state index contributed by atoms with van der Waals surface area (Å²) in [6, 6.07) is 14.4. The van der Waals surface area contributed by atoms with Gasteiger partial charge in [0.05, 0.1) is 17.8 Å². The van der Waals surface area contributed by atoms with Crippen LogP contribution in [-0.2, 0) is 0 Å². The third-order valence-electron chi connectivity index (χ3n) is 3.26. The molecule has 3 aromatic rings. The molecule has 1 heterocycles. The first-order valence-electron chi connectivity index (χ1n) is 6.77. The van der Waals surface area contributed by atoms with Crippen LogP contribution in [0.5, 0.6) is 5.75 Å². The van der Waals surface area contributed by atoms with Crippen LogP contribution in [0.4, 0.5) is 10.1 Å². The van der Waals surface area contributed by atoms with Crippen molar-refractivity contribution in [3.05, 3.63) is 54.3 Å². The molecule has 0 saturated heterocycles. The zero-order chi connectivity index (χ0) is 14.8. The molecule has 106 valence electrons. The van der Waals surface area contributed by atoms with Crippen LogP contribution in [0.3, 0.4) is 0 Å². The number of nitrogens with two attached hydrogens (primary N) is 1. The molecular formula is C17H15FN2O. The quantitative estimate of drug-likeness (QED) is 0.789. The second-order valence-corrected chi connectivity index (χ2v) is 4.70. The van der Waals surface area contributed by atoms with Crippen LogP contribution in [0, 0.1) is 5.82 Å². The molecule has 2 aromatic carbocycles. The molecule has 0 aliphatic carbocycles. The number of anilines is 1. The Bertz CT molecular complexity index is 788. The third kappa shape index (κ3) is 2.52. The normalized spacial score (nSPS) is 10.8. The minimum absolute atomic E-state index is 0.200.